The van der Waals surface area contributed by atoms with E-state index in [4.69, 9.17) is 4.74 Å². The lowest BCUT2D eigenvalue weighted by atomic mass is 9.93. The number of para-hydroxylation sites is 1. The monoisotopic (exact) mass is 484 g/mol. The molecule has 4 aromatic rings. The average molecular weight is 485 g/mol. The molecule has 3 aromatic heterocycles. The van der Waals surface area contributed by atoms with Crippen molar-refractivity contribution in [2.75, 3.05) is 0 Å². The van der Waals surface area contributed by atoms with Crippen LogP contribution < -0.4 is 21.2 Å². The number of nitrogens with zero attached hydrogens (tertiary/aromatic N) is 2. The summed E-state index contributed by atoms with van der Waals surface area (Å²) in [6.07, 6.45) is 5.56. The van der Waals surface area contributed by atoms with Gasteiger partial charge >= 0.3 is 0 Å². The quantitative estimate of drug-likeness (QED) is 0.450. The van der Waals surface area contributed by atoms with E-state index in [1.807, 2.05) is 32.0 Å². The number of pyridine rings is 2. The van der Waals surface area contributed by atoms with Gasteiger partial charge in [-0.3, -0.25) is 14.4 Å². The van der Waals surface area contributed by atoms with Crippen molar-refractivity contribution in [1.82, 2.24) is 19.4 Å². The number of amides is 1. The normalized spacial score (nSPS) is 20.1. The van der Waals surface area contributed by atoms with Crippen molar-refractivity contribution in [3.8, 4) is 22.6 Å². The predicted molar refractivity (Wildman–Crippen MR) is 138 cm³/mol. The van der Waals surface area contributed by atoms with Crippen LogP contribution in [0.25, 0.3) is 22.0 Å². The number of carbonyl (C=O) groups is 1. The smallest absolute Gasteiger partial charge is 0.274 e. The Kier molecular flexibility index (Phi) is 4.96. The van der Waals surface area contributed by atoms with Gasteiger partial charge in [0.25, 0.3) is 17.0 Å². The van der Waals surface area contributed by atoms with Gasteiger partial charge in [0.15, 0.2) is 5.75 Å². The molecule has 184 valence electrons. The summed E-state index contributed by atoms with van der Waals surface area (Å²) in [5.74, 6) is 2.35. The van der Waals surface area contributed by atoms with Crippen molar-refractivity contribution < 1.29 is 9.53 Å². The third-order valence-electron chi connectivity index (χ3n) is 7.68. The van der Waals surface area contributed by atoms with Gasteiger partial charge in [-0.1, -0.05) is 18.2 Å². The van der Waals surface area contributed by atoms with Crippen LogP contribution in [0, 0.1) is 25.7 Å². The molecule has 0 radical (unpaired) electrons. The molecular weight excluding hydrogens is 456 g/mol. The van der Waals surface area contributed by atoms with Gasteiger partial charge < -0.3 is 24.2 Å². The van der Waals surface area contributed by atoms with E-state index < -0.39 is 0 Å². The van der Waals surface area contributed by atoms with E-state index in [0.717, 1.165) is 23.5 Å². The second-order valence-electron chi connectivity index (χ2n) is 10.2. The molecule has 0 aliphatic heterocycles. The van der Waals surface area contributed by atoms with Crippen LogP contribution >= 0.6 is 0 Å². The van der Waals surface area contributed by atoms with Crippen molar-refractivity contribution in [2.45, 2.75) is 32.7 Å². The largest absolute Gasteiger partial charge is 0.455 e. The predicted octanol–water partition coefficient (Wildman–Crippen LogP) is 3.78. The van der Waals surface area contributed by atoms with Crippen LogP contribution in [0.2, 0.25) is 0 Å². The number of aromatic amines is 1. The van der Waals surface area contributed by atoms with Crippen molar-refractivity contribution >= 4 is 16.8 Å². The highest BCUT2D eigenvalue weighted by Crippen LogP contribution is 2.55. The van der Waals surface area contributed by atoms with Gasteiger partial charge in [-0.15, -0.1) is 0 Å². The highest BCUT2D eigenvalue weighted by atomic mass is 16.5. The Hall–Kier alpha value is -4.07. The minimum Gasteiger partial charge on any atom is -0.455 e. The first-order valence-corrected chi connectivity index (χ1v) is 12.2. The summed E-state index contributed by atoms with van der Waals surface area (Å²) >= 11 is 0. The molecule has 3 unspecified atom stereocenters. The number of benzene rings is 1. The lowest BCUT2D eigenvalue weighted by Gasteiger charge is -2.25. The molecule has 3 atom stereocenters. The minimum atomic E-state index is -0.250. The van der Waals surface area contributed by atoms with Crippen LogP contribution in [-0.2, 0) is 14.1 Å². The number of hydrogen-bond donors (Lipinski definition) is 2. The van der Waals surface area contributed by atoms with Crippen LogP contribution in [0.15, 0.2) is 52.3 Å². The molecule has 36 heavy (non-hydrogen) atoms. The summed E-state index contributed by atoms with van der Waals surface area (Å²) in [6, 6.07) is 9.33. The Morgan fingerprint density at radius 1 is 1.03 bits per heavy atom. The number of rotatable bonds is 5. The first-order valence-electron chi connectivity index (χ1n) is 12.2. The van der Waals surface area contributed by atoms with Crippen LogP contribution in [0.1, 0.15) is 34.5 Å². The fourth-order valence-corrected chi connectivity index (χ4v) is 5.39. The molecule has 2 fully saturated rings. The molecule has 6 rings (SSSR count). The molecule has 2 saturated carbocycles. The zero-order chi connectivity index (χ0) is 25.3. The van der Waals surface area contributed by atoms with E-state index in [-0.39, 0.29) is 23.1 Å². The molecule has 0 saturated heterocycles. The Bertz CT molecular complexity index is 1660. The Balaban J connectivity index is 1.49. The van der Waals surface area contributed by atoms with Gasteiger partial charge in [0.05, 0.1) is 6.20 Å². The first kappa shape index (κ1) is 22.4. The van der Waals surface area contributed by atoms with E-state index >= 15 is 0 Å². The molecule has 1 aromatic carbocycles. The fraction of sp³-hybridized carbons (Fsp3) is 0.321. The highest BCUT2D eigenvalue weighted by molar-refractivity contribution is 6.03. The highest BCUT2D eigenvalue weighted by Gasteiger charge is 2.53. The molecule has 0 bridgehead atoms. The standard InChI is InChI=1S/C28H28N4O4/c1-14-6-5-7-15(2)26(14)36-23-13-31(3)24(33)11-18(23)20-12-32(4)28(35)25-19(20)10-22(29-25)27(34)30-21-9-16-8-17(16)21/h5-7,10-13,16-17,21,29H,8-9H2,1-4H3,(H,30,34). The number of fused-ring (bicyclic) bond motifs is 2. The Morgan fingerprint density at radius 2 is 1.78 bits per heavy atom. The average Bonchev–Trinajstić information content (AvgIpc) is 3.28. The van der Waals surface area contributed by atoms with Gasteiger partial charge in [-0.25, -0.2) is 0 Å². The molecule has 2 N–H and O–H groups in total. The number of aryl methyl sites for hydroxylation is 4. The zero-order valence-electron chi connectivity index (χ0n) is 20.7. The third-order valence-corrected chi connectivity index (χ3v) is 7.68. The summed E-state index contributed by atoms with van der Waals surface area (Å²) in [5.41, 5.74) is 3.30. The van der Waals surface area contributed by atoms with Crippen LogP contribution in [0.3, 0.4) is 0 Å². The van der Waals surface area contributed by atoms with Crippen molar-refractivity contribution in [3.05, 3.63) is 80.3 Å². The molecule has 8 nitrogen and oxygen atoms in total. The van der Waals surface area contributed by atoms with Crippen LogP contribution in [0.4, 0.5) is 0 Å². The summed E-state index contributed by atoms with van der Waals surface area (Å²) in [4.78, 5) is 41.7. The van der Waals surface area contributed by atoms with Gasteiger partial charge in [0, 0.05) is 48.9 Å². The Labute approximate surface area is 207 Å². The number of aromatic nitrogens is 3. The Morgan fingerprint density at radius 3 is 2.44 bits per heavy atom. The van der Waals surface area contributed by atoms with Gasteiger partial charge in [0.1, 0.15) is 17.0 Å². The molecule has 3 heterocycles. The van der Waals surface area contributed by atoms with E-state index in [9.17, 15) is 14.4 Å². The molecule has 2 aliphatic rings. The van der Waals surface area contributed by atoms with Crippen molar-refractivity contribution in [2.24, 2.45) is 25.9 Å². The molecule has 0 spiro atoms. The fourth-order valence-electron chi connectivity index (χ4n) is 5.39. The third kappa shape index (κ3) is 3.56. The van der Waals surface area contributed by atoms with E-state index in [1.165, 1.54) is 21.6 Å². The number of ether oxygens (including phenoxy) is 1. The summed E-state index contributed by atoms with van der Waals surface area (Å²) < 4.78 is 9.31. The molecule has 8 heteroatoms. The summed E-state index contributed by atoms with van der Waals surface area (Å²) in [5, 5.41) is 3.66. The van der Waals surface area contributed by atoms with Gasteiger partial charge in [-0.2, -0.15) is 0 Å². The topological polar surface area (TPSA) is 98.1 Å². The second kappa shape index (κ2) is 7.98. The van der Waals surface area contributed by atoms with E-state index in [1.54, 1.807) is 32.6 Å². The first-order chi connectivity index (χ1) is 17.2. The molecular formula is C28H28N4O4. The maximum atomic E-state index is 13.0. The van der Waals surface area contributed by atoms with E-state index in [2.05, 4.69) is 10.3 Å². The SMILES string of the molecule is Cc1cccc(C)c1Oc1cn(C)c(=O)cc1-c1cn(C)c(=O)c2[nH]c(C(=O)NC3CC4CC43)cc12. The maximum absolute atomic E-state index is 13.0. The molecule has 1 amide bonds. The second-order valence-corrected chi connectivity index (χ2v) is 10.2. The number of nitrogens with one attached hydrogen (secondary N) is 2. The zero-order valence-corrected chi connectivity index (χ0v) is 20.7. The molecule has 2 aliphatic carbocycles. The number of hydrogen-bond acceptors (Lipinski definition) is 4. The summed E-state index contributed by atoms with van der Waals surface area (Å²) in [7, 11) is 3.32. The lowest BCUT2D eigenvalue weighted by molar-refractivity contribution is 0.0907. The lowest BCUT2D eigenvalue weighted by Crippen LogP contribution is -2.42. The summed E-state index contributed by atoms with van der Waals surface area (Å²) in [6.45, 7) is 3.94. The van der Waals surface area contributed by atoms with Crippen molar-refractivity contribution in [1.29, 1.82) is 0 Å². The van der Waals surface area contributed by atoms with E-state index in [0.29, 0.717) is 45.1 Å². The number of carbonyl (C=O) groups excluding carboxylic acids is 1. The van der Waals surface area contributed by atoms with Crippen LogP contribution in [-0.4, -0.2) is 26.1 Å². The van der Waals surface area contributed by atoms with Crippen molar-refractivity contribution in [3.63, 3.8) is 0 Å². The van der Waals surface area contributed by atoms with Crippen LogP contribution in [0.5, 0.6) is 11.5 Å². The minimum absolute atomic E-state index is 0.210. The van der Waals surface area contributed by atoms with Gasteiger partial charge in [-0.05, 0) is 55.7 Å². The number of H-pyrrole nitrogens is 1. The van der Waals surface area contributed by atoms with Gasteiger partial charge in [0.2, 0.25) is 0 Å². The maximum Gasteiger partial charge on any atom is 0.274 e.